The smallest absolute Gasteiger partial charge is 0.246 e. The van der Waals surface area contributed by atoms with Gasteiger partial charge in [0, 0.05) is 6.20 Å². The van der Waals surface area contributed by atoms with Crippen LogP contribution in [0.2, 0.25) is 0 Å². The molecule has 1 amide bonds. The Morgan fingerprint density at radius 1 is 1.45 bits per heavy atom. The standard InChI is InChI=1S/C7H6N2O2/c10-6-4-7(11)8-9-3-1-2-5(6)9/h1-3H,4H2,(H,8,11). The lowest BCUT2D eigenvalue weighted by atomic mass is 10.2. The fraction of sp³-hybridized carbons (Fsp3) is 0.143. The fourth-order valence-electron chi connectivity index (χ4n) is 1.12. The number of hydrogen-bond donors (Lipinski definition) is 1. The number of carbonyl (C=O) groups is 2. The maximum absolute atomic E-state index is 11.1. The summed E-state index contributed by atoms with van der Waals surface area (Å²) in [5.41, 5.74) is 3.07. The molecule has 0 aliphatic carbocycles. The minimum absolute atomic E-state index is 0.0377. The molecule has 2 heterocycles. The third-order valence-corrected chi connectivity index (χ3v) is 1.60. The molecule has 0 spiro atoms. The number of amides is 1. The average molecular weight is 150 g/mol. The number of rotatable bonds is 0. The molecule has 2 rings (SSSR count). The van der Waals surface area contributed by atoms with Crippen LogP contribution in [0.1, 0.15) is 16.9 Å². The molecule has 0 fully saturated rings. The summed E-state index contributed by atoms with van der Waals surface area (Å²) in [5.74, 6) is -0.377. The molecule has 1 aliphatic rings. The molecular weight excluding hydrogens is 144 g/mol. The Balaban J connectivity index is 2.52. The van der Waals surface area contributed by atoms with E-state index in [9.17, 15) is 9.59 Å². The van der Waals surface area contributed by atoms with Crippen molar-refractivity contribution in [2.75, 3.05) is 5.43 Å². The van der Waals surface area contributed by atoms with Crippen molar-refractivity contribution in [3.05, 3.63) is 24.0 Å². The van der Waals surface area contributed by atoms with Crippen molar-refractivity contribution >= 4 is 11.7 Å². The number of carbonyl (C=O) groups excluding carboxylic acids is 2. The molecular formula is C7H6N2O2. The number of fused-ring (bicyclic) bond motifs is 1. The molecule has 0 atom stereocenters. The molecule has 0 aromatic carbocycles. The first-order valence-corrected chi connectivity index (χ1v) is 3.28. The van der Waals surface area contributed by atoms with Gasteiger partial charge in [0.2, 0.25) is 5.91 Å². The van der Waals surface area contributed by atoms with E-state index in [4.69, 9.17) is 0 Å². The molecule has 1 aromatic rings. The third-order valence-electron chi connectivity index (χ3n) is 1.60. The molecule has 56 valence electrons. The number of nitrogens with one attached hydrogen (secondary N) is 1. The Kier molecular flexibility index (Phi) is 1.09. The van der Waals surface area contributed by atoms with Gasteiger partial charge in [0.25, 0.3) is 0 Å². The van der Waals surface area contributed by atoms with Gasteiger partial charge in [0.05, 0.1) is 6.42 Å². The molecule has 1 aliphatic heterocycles. The first-order chi connectivity index (χ1) is 5.27. The molecule has 11 heavy (non-hydrogen) atoms. The SMILES string of the molecule is O=C1CC(=O)c2cccn2N1. The summed E-state index contributed by atoms with van der Waals surface area (Å²) in [7, 11) is 0. The summed E-state index contributed by atoms with van der Waals surface area (Å²) < 4.78 is 1.44. The predicted octanol–water partition coefficient (Wildman–Crippen LogP) is 0.145. The number of aromatic nitrogens is 1. The van der Waals surface area contributed by atoms with Gasteiger partial charge in [-0.2, -0.15) is 0 Å². The molecule has 4 nitrogen and oxygen atoms in total. The molecule has 1 N–H and O–H groups in total. The van der Waals surface area contributed by atoms with Crippen LogP contribution < -0.4 is 5.43 Å². The van der Waals surface area contributed by atoms with E-state index in [1.54, 1.807) is 18.3 Å². The highest BCUT2D eigenvalue weighted by molar-refractivity contribution is 6.11. The van der Waals surface area contributed by atoms with Gasteiger partial charge in [-0.25, -0.2) is 0 Å². The third kappa shape index (κ3) is 0.832. The first-order valence-electron chi connectivity index (χ1n) is 3.28. The summed E-state index contributed by atoms with van der Waals surface area (Å²) in [5, 5.41) is 0. The van der Waals surface area contributed by atoms with Gasteiger partial charge < -0.3 is 0 Å². The van der Waals surface area contributed by atoms with Gasteiger partial charge >= 0.3 is 0 Å². The second kappa shape index (κ2) is 1.95. The Hall–Kier alpha value is -1.58. The van der Waals surface area contributed by atoms with E-state index in [1.165, 1.54) is 4.68 Å². The summed E-state index contributed by atoms with van der Waals surface area (Å²) in [6.07, 6.45) is 1.61. The molecule has 0 saturated heterocycles. The predicted molar refractivity (Wildman–Crippen MR) is 37.7 cm³/mol. The number of hydrogen-bond acceptors (Lipinski definition) is 2. The van der Waals surface area contributed by atoms with Gasteiger partial charge in [-0.05, 0) is 12.1 Å². The van der Waals surface area contributed by atoms with Gasteiger partial charge in [-0.15, -0.1) is 0 Å². The first kappa shape index (κ1) is 6.15. The Morgan fingerprint density at radius 3 is 3.09 bits per heavy atom. The van der Waals surface area contributed by atoms with Gasteiger partial charge in [-0.1, -0.05) is 0 Å². The van der Waals surface area contributed by atoms with Crippen LogP contribution in [0.3, 0.4) is 0 Å². The monoisotopic (exact) mass is 150 g/mol. The summed E-state index contributed by atoms with van der Waals surface area (Å²) in [4.78, 5) is 21.9. The maximum Gasteiger partial charge on any atom is 0.246 e. The highest BCUT2D eigenvalue weighted by Crippen LogP contribution is 2.08. The van der Waals surface area contributed by atoms with Crippen LogP contribution in [0.25, 0.3) is 0 Å². The molecule has 0 saturated carbocycles. The van der Waals surface area contributed by atoms with Crippen molar-refractivity contribution < 1.29 is 9.59 Å². The lowest BCUT2D eigenvalue weighted by Gasteiger charge is -2.14. The lowest BCUT2D eigenvalue weighted by molar-refractivity contribution is -0.116. The van der Waals surface area contributed by atoms with Crippen molar-refractivity contribution in [3.63, 3.8) is 0 Å². The summed E-state index contributed by atoms with van der Waals surface area (Å²) >= 11 is 0. The van der Waals surface area contributed by atoms with Gasteiger partial charge in [0.15, 0.2) is 5.78 Å². The van der Waals surface area contributed by atoms with Crippen molar-refractivity contribution in [3.8, 4) is 0 Å². The Labute approximate surface area is 62.8 Å². The van der Waals surface area contributed by atoms with E-state index >= 15 is 0 Å². The van der Waals surface area contributed by atoms with E-state index in [0.717, 1.165) is 0 Å². The van der Waals surface area contributed by atoms with Crippen molar-refractivity contribution in [2.24, 2.45) is 0 Å². The topological polar surface area (TPSA) is 51.1 Å². The van der Waals surface area contributed by atoms with Crippen LogP contribution in [0.15, 0.2) is 18.3 Å². The molecule has 4 heteroatoms. The van der Waals surface area contributed by atoms with E-state index in [2.05, 4.69) is 5.43 Å². The normalized spacial score (nSPS) is 16.0. The number of ketones is 1. The van der Waals surface area contributed by atoms with Crippen molar-refractivity contribution in [1.82, 2.24) is 4.68 Å². The zero-order valence-corrected chi connectivity index (χ0v) is 5.70. The fourth-order valence-corrected chi connectivity index (χ4v) is 1.12. The summed E-state index contributed by atoms with van der Waals surface area (Å²) in [6, 6.07) is 3.40. The van der Waals surface area contributed by atoms with Crippen molar-refractivity contribution in [1.29, 1.82) is 0 Å². The van der Waals surface area contributed by atoms with Crippen LogP contribution in [0, 0.1) is 0 Å². The van der Waals surface area contributed by atoms with E-state index in [-0.39, 0.29) is 18.1 Å². The van der Waals surface area contributed by atoms with Crippen LogP contribution in [0.5, 0.6) is 0 Å². The largest absolute Gasteiger partial charge is 0.292 e. The summed E-state index contributed by atoms with van der Waals surface area (Å²) in [6.45, 7) is 0. The van der Waals surface area contributed by atoms with Gasteiger partial charge in [-0.3, -0.25) is 19.7 Å². The van der Waals surface area contributed by atoms with Gasteiger partial charge in [0.1, 0.15) is 5.69 Å². The Bertz CT molecular complexity index is 327. The lowest BCUT2D eigenvalue weighted by Crippen LogP contribution is -2.32. The van der Waals surface area contributed by atoms with Crippen LogP contribution >= 0.6 is 0 Å². The maximum atomic E-state index is 11.1. The zero-order chi connectivity index (χ0) is 7.84. The highest BCUT2D eigenvalue weighted by atomic mass is 16.2. The highest BCUT2D eigenvalue weighted by Gasteiger charge is 2.20. The van der Waals surface area contributed by atoms with E-state index in [0.29, 0.717) is 5.69 Å². The minimum Gasteiger partial charge on any atom is -0.292 e. The molecule has 0 bridgehead atoms. The van der Waals surface area contributed by atoms with E-state index in [1.807, 2.05) is 0 Å². The minimum atomic E-state index is -0.251. The second-order valence-corrected chi connectivity index (χ2v) is 2.40. The van der Waals surface area contributed by atoms with Crippen LogP contribution in [0.4, 0.5) is 0 Å². The molecule has 0 radical (unpaired) electrons. The van der Waals surface area contributed by atoms with Crippen LogP contribution in [-0.4, -0.2) is 16.4 Å². The molecule has 0 unspecified atom stereocenters. The Morgan fingerprint density at radius 2 is 2.27 bits per heavy atom. The van der Waals surface area contributed by atoms with Crippen molar-refractivity contribution in [2.45, 2.75) is 6.42 Å². The second-order valence-electron chi connectivity index (χ2n) is 2.40. The zero-order valence-electron chi connectivity index (χ0n) is 5.70. The van der Waals surface area contributed by atoms with Crippen LogP contribution in [-0.2, 0) is 4.79 Å². The quantitative estimate of drug-likeness (QED) is 0.535. The average Bonchev–Trinajstić information content (AvgIpc) is 2.34. The number of nitrogens with zero attached hydrogens (tertiary/aromatic N) is 1. The molecule has 1 aromatic heterocycles. The number of Topliss-reactive ketones (excluding diaryl/α,β-unsaturated/α-hetero) is 1. The van der Waals surface area contributed by atoms with E-state index < -0.39 is 0 Å².